The molecule has 0 fully saturated rings. The van der Waals surface area contributed by atoms with Crippen molar-refractivity contribution >= 4 is 11.8 Å². The third kappa shape index (κ3) is 3.21. The van der Waals surface area contributed by atoms with Crippen molar-refractivity contribution in [2.24, 2.45) is 5.73 Å². The lowest BCUT2D eigenvalue weighted by molar-refractivity contribution is 0.386. The largest absolute Gasteiger partial charge is 0.480 e. The van der Waals surface area contributed by atoms with Crippen LogP contribution in [0, 0.1) is 0 Å². The summed E-state index contributed by atoms with van der Waals surface area (Å²) < 4.78 is 5.16. The monoisotopic (exact) mass is 261 g/mol. The van der Waals surface area contributed by atoms with Crippen LogP contribution in [0.2, 0.25) is 0 Å². The standard InChI is InChI=1S/C13H15N3OS/c1-17-13-12(15-7-8-16-13)11(14)9-18-10-5-3-2-4-6-10/h2-8,11H,9,14H2,1H3. The van der Waals surface area contributed by atoms with E-state index in [1.54, 1.807) is 31.3 Å². The molecule has 4 nitrogen and oxygen atoms in total. The fourth-order valence-electron chi connectivity index (χ4n) is 1.53. The van der Waals surface area contributed by atoms with E-state index in [-0.39, 0.29) is 6.04 Å². The number of benzene rings is 1. The van der Waals surface area contributed by atoms with Gasteiger partial charge in [-0.3, -0.25) is 4.98 Å². The van der Waals surface area contributed by atoms with Crippen LogP contribution >= 0.6 is 11.8 Å². The third-order valence-electron chi connectivity index (χ3n) is 2.41. The zero-order chi connectivity index (χ0) is 12.8. The summed E-state index contributed by atoms with van der Waals surface area (Å²) in [5, 5.41) is 0. The van der Waals surface area contributed by atoms with Crippen LogP contribution in [0.1, 0.15) is 11.7 Å². The third-order valence-corrected chi connectivity index (χ3v) is 3.54. The summed E-state index contributed by atoms with van der Waals surface area (Å²) in [4.78, 5) is 9.53. The second-order valence-electron chi connectivity index (χ2n) is 3.68. The topological polar surface area (TPSA) is 61.0 Å². The number of thioether (sulfide) groups is 1. The maximum Gasteiger partial charge on any atom is 0.237 e. The molecule has 0 amide bonds. The minimum atomic E-state index is -0.196. The maximum atomic E-state index is 6.12. The Morgan fingerprint density at radius 1 is 1.22 bits per heavy atom. The number of aromatic nitrogens is 2. The Morgan fingerprint density at radius 3 is 2.67 bits per heavy atom. The summed E-state index contributed by atoms with van der Waals surface area (Å²) >= 11 is 1.69. The highest BCUT2D eigenvalue weighted by Gasteiger charge is 2.14. The number of nitrogens with two attached hydrogens (primary N) is 1. The lowest BCUT2D eigenvalue weighted by Gasteiger charge is -2.12. The van der Waals surface area contributed by atoms with Crippen molar-refractivity contribution in [3.8, 4) is 5.88 Å². The molecule has 2 rings (SSSR count). The first-order valence-electron chi connectivity index (χ1n) is 5.59. The first-order chi connectivity index (χ1) is 8.81. The molecule has 1 atom stereocenters. The van der Waals surface area contributed by atoms with Crippen LogP contribution in [0.5, 0.6) is 5.88 Å². The summed E-state index contributed by atoms with van der Waals surface area (Å²) in [6.07, 6.45) is 3.23. The molecule has 5 heteroatoms. The predicted molar refractivity (Wildman–Crippen MR) is 72.7 cm³/mol. The molecular formula is C13H15N3OS. The number of hydrogen-bond acceptors (Lipinski definition) is 5. The minimum Gasteiger partial charge on any atom is -0.480 e. The Labute approximate surface area is 111 Å². The fraction of sp³-hybridized carbons (Fsp3) is 0.231. The smallest absolute Gasteiger partial charge is 0.237 e. The lowest BCUT2D eigenvalue weighted by Crippen LogP contribution is -2.16. The van der Waals surface area contributed by atoms with Gasteiger partial charge in [-0.05, 0) is 12.1 Å². The summed E-state index contributed by atoms with van der Waals surface area (Å²) in [5.41, 5.74) is 6.81. The van der Waals surface area contributed by atoms with E-state index in [0.717, 1.165) is 5.75 Å². The molecule has 0 spiro atoms. The molecule has 1 aromatic heterocycles. The second kappa shape index (κ2) is 6.37. The van der Waals surface area contributed by atoms with Gasteiger partial charge in [-0.15, -0.1) is 11.8 Å². The molecule has 0 aliphatic heterocycles. The van der Waals surface area contributed by atoms with E-state index in [0.29, 0.717) is 11.6 Å². The van der Waals surface area contributed by atoms with Crippen molar-refractivity contribution in [2.45, 2.75) is 10.9 Å². The Kier molecular flexibility index (Phi) is 4.55. The van der Waals surface area contributed by atoms with Crippen molar-refractivity contribution in [1.82, 2.24) is 9.97 Å². The minimum absolute atomic E-state index is 0.196. The quantitative estimate of drug-likeness (QED) is 0.837. The lowest BCUT2D eigenvalue weighted by atomic mass is 10.2. The molecule has 0 saturated heterocycles. The molecule has 18 heavy (non-hydrogen) atoms. The zero-order valence-corrected chi connectivity index (χ0v) is 10.9. The molecule has 0 aliphatic carbocycles. The van der Waals surface area contributed by atoms with Gasteiger partial charge in [0, 0.05) is 23.0 Å². The molecule has 2 aromatic rings. The number of ether oxygens (including phenoxy) is 1. The Balaban J connectivity index is 2.01. The highest BCUT2D eigenvalue weighted by molar-refractivity contribution is 7.99. The van der Waals surface area contributed by atoms with Gasteiger partial charge in [0.1, 0.15) is 5.69 Å². The van der Waals surface area contributed by atoms with Crippen LogP contribution < -0.4 is 10.5 Å². The first-order valence-corrected chi connectivity index (χ1v) is 6.58. The van der Waals surface area contributed by atoms with Crippen LogP contribution in [-0.2, 0) is 0 Å². The Hall–Kier alpha value is -1.59. The van der Waals surface area contributed by atoms with Gasteiger partial charge in [-0.2, -0.15) is 0 Å². The van der Waals surface area contributed by atoms with Crippen molar-refractivity contribution in [2.75, 3.05) is 12.9 Å². The van der Waals surface area contributed by atoms with Crippen molar-refractivity contribution in [1.29, 1.82) is 0 Å². The number of hydrogen-bond donors (Lipinski definition) is 1. The zero-order valence-electron chi connectivity index (χ0n) is 10.1. The van der Waals surface area contributed by atoms with Gasteiger partial charge < -0.3 is 10.5 Å². The SMILES string of the molecule is COc1nccnc1C(N)CSc1ccccc1. The highest BCUT2D eigenvalue weighted by atomic mass is 32.2. The van der Waals surface area contributed by atoms with Gasteiger partial charge in [-0.1, -0.05) is 18.2 Å². The van der Waals surface area contributed by atoms with Gasteiger partial charge in [0.15, 0.2) is 0 Å². The van der Waals surface area contributed by atoms with Crippen molar-refractivity contribution in [3.63, 3.8) is 0 Å². The number of nitrogens with zero attached hydrogens (tertiary/aromatic N) is 2. The fourth-order valence-corrected chi connectivity index (χ4v) is 2.41. The first kappa shape index (κ1) is 12.9. The van der Waals surface area contributed by atoms with E-state index in [1.807, 2.05) is 18.2 Å². The van der Waals surface area contributed by atoms with E-state index in [2.05, 4.69) is 22.1 Å². The van der Waals surface area contributed by atoms with E-state index in [9.17, 15) is 0 Å². The molecule has 0 radical (unpaired) electrons. The van der Waals surface area contributed by atoms with Crippen LogP contribution in [0.4, 0.5) is 0 Å². The highest BCUT2D eigenvalue weighted by Crippen LogP contribution is 2.25. The van der Waals surface area contributed by atoms with Crippen LogP contribution in [0.3, 0.4) is 0 Å². The summed E-state index contributed by atoms with van der Waals surface area (Å²) in [5.74, 6) is 1.23. The van der Waals surface area contributed by atoms with Gasteiger partial charge >= 0.3 is 0 Å². The molecule has 0 bridgehead atoms. The molecule has 94 valence electrons. The van der Waals surface area contributed by atoms with Gasteiger partial charge in [-0.25, -0.2) is 4.98 Å². The predicted octanol–water partition coefficient (Wildman–Crippen LogP) is 2.28. The molecule has 1 aromatic carbocycles. The molecule has 0 saturated carbocycles. The molecule has 1 heterocycles. The van der Waals surface area contributed by atoms with E-state index in [1.165, 1.54) is 4.90 Å². The molecule has 1 unspecified atom stereocenters. The normalized spacial score (nSPS) is 12.1. The maximum absolute atomic E-state index is 6.12. The van der Waals surface area contributed by atoms with E-state index >= 15 is 0 Å². The Bertz CT molecular complexity index is 493. The number of rotatable bonds is 5. The summed E-state index contributed by atoms with van der Waals surface area (Å²) in [7, 11) is 1.57. The molecule has 2 N–H and O–H groups in total. The summed E-state index contributed by atoms with van der Waals surface area (Å²) in [6, 6.07) is 9.94. The average molecular weight is 261 g/mol. The van der Waals surface area contributed by atoms with Crippen molar-refractivity contribution in [3.05, 3.63) is 48.4 Å². The van der Waals surface area contributed by atoms with E-state index in [4.69, 9.17) is 10.5 Å². The van der Waals surface area contributed by atoms with Gasteiger partial charge in [0.05, 0.1) is 13.2 Å². The van der Waals surface area contributed by atoms with Crippen LogP contribution in [0.15, 0.2) is 47.6 Å². The van der Waals surface area contributed by atoms with Gasteiger partial charge in [0.25, 0.3) is 0 Å². The van der Waals surface area contributed by atoms with Crippen LogP contribution in [0.25, 0.3) is 0 Å². The van der Waals surface area contributed by atoms with Crippen molar-refractivity contribution < 1.29 is 4.74 Å². The van der Waals surface area contributed by atoms with Gasteiger partial charge in [0.2, 0.25) is 5.88 Å². The van der Waals surface area contributed by atoms with Crippen LogP contribution in [-0.4, -0.2) is 22.8 Å². The average Bonchev–Trinajstić information content (AvgIpc) is 2.45. The number of methoxy groups -OCH3 is 1. The molecular weight excluding hydrogens is 246 g/mol. The Morgan fingerprint density at radius 2 is 1.94 bits per heavy atom. The molecule has 0 aliphatic rings. The summed E-state index contributed by atoms with van der Waals surface area (Å²) in [6.45, 7) is 0. The second-order valence-corrected chi connectivity index (χ2v) is 4.77. The van der Waals surface area contributed by atoms with E-state index < -0.39 is 0 Å².